The molecular weight excluding hydrogens is 486 g/mol. The number of carbonyl (C=O) groups excluding carboxylic acids is 5. The van der Waals surface area contributed by atoms with E-state index in [0.717, 1.165) is 51.4 Å². The maximum absolute atomic E-state index is 12.9. The van der Waals surface area contributed by atoms with Gasteiger partial charge in [-0.05, 0) is 77.0 Å². The number of carbonyl (C=O) groups is 5. The van der Waals surface area contributed by atoms with E-state index in [-0.39, 0.29) is 77.4 Å². The van der Waals surface area contributed by atoms with Crippen LogP contribution in [0.15, 0.2) is 0 Å². The first-order valence-electron chi connectivity index (χ1n) is 14.5. The Morgan fingerprint density at radius 3 is 1.16 bits per heavy atom. The molecule has 0 radical (unpaired) electrons. The van der Waals surface area contributed by atoms with E-state index < -0.39 is 0 Å². The van der Waals surface area contributed by atoms with Gasteiger partial charge in [0.2, 0.25) is 29.5 Å². The smallest absolute Gasteiger partial charge is 0.225 e. The minimum absolute atomic E-state index is 0.00253. The van der Waals surface area contributed by atoms with Crippen LogP contribution in [0.1, 0.15) is 84.0 Å². The van der Waals surface area contributed by atoms with Gasteiger partial charge in [-0.15, -0.1) is 0 Å². The van der Waals surface area contributed by atoms with E-state index in [1.54, 1.807) is 19.0 Å². The molecule has 8 unspecified atom stereocenters. The van der Waals surface area contributed by atoms with E-state index in [1.807, 2.05) is 0 Å². The summed E-state index contributed by atoms with van der Waals surface area (Å²) in [5.41, 5.74) is 0. The second-order valence-corrected chi connectivity index (χ2v) is 12.3. The van der Waals surface area contributed by atoms with Gasteiger partial charge in [-0.25, -0.2) is 0 Å². The van der Waals surface area contributed by atoms with E-state index >= 15 is 0 Å². The van der Waals surface area contributed by atoms with Gasteiger partial charge in [-0.3, -0.25) is 24.0 Å². The molecule has 4 N–H and O–H groups in total. The predicted octanol–water partition coefficient (Wildman–Crippen LogP) is 1.23. The molecule has 38 heavy (non-hydrogen) atoms. The Labute approximate surface area is 225 Å². The SMILES string of the molecule is CC(=O)NC1CCC(C(=O)NC2CCC(C(=O)NC3CCC(C(=O)NC4CCC(C(=O)N(C)C)C4)C3)C2)C1. The molecule has 0 aromatic rings. The average molecular weight is 532 g/mol. The Morgan fingerprint density at radius 2 is 0.816 bits per heavy atom. The third-order valence-electron chi connectivity index (χ3n) is 9.08. The molecule has 0 bridgehead atoms. The zero-order valence-electron chi connectivity index (χ0n) is 23.1. The van der Waals surface area contributed by atoms with Crippen molar-refractivity contribution in [1.82, 2.24) is 26.2 Å². The maximum Gasteiger partial charge on any atom is 0.225 e. The molecule has 4 rings (SSSR count). The summed E-state index contributed by atoms with van der Waals surface area (Å²) in [6.45, 7) is 1.50. The number of hydrogen-bond acceptors (Lipinski definition) is 5. The molecule has 0 aliphatic heterocycles. The van der Waals surface area contributed by atoms with Gasteiger partial charge in [0.15, 0.2) is 0 Å². The summed E-state index contributed by atoms with van der Waals surface area (Å²) in [5, 5.41) is 12.4. The van der Waals surface area contributed by atoms with E-state index in [0.29, 0.717) is 25.7 Å². The Hall–Kier alpha value is -2.65. The van der Waals surface area contributed by atoms with Crippen molar-refractivity contribution in [2.24, 2.45) is 23.7 Å². The summed E-state index contributed by atoms with van der Waals surface area (Å²) >= 11 is 0. The minimum atomic E-state index is -0.117. The summed E-state index contributed by atoms with van der Waals surface area (Å²) in [7, 11) is 3.54. The first-order chi connectivity index (χ1) is 18.1. The summed E-state index contributed by atoms with van der Waals surface area (Å²) < 4.78 is 0. The van der Waals surface area contributed by atoms with Crippen molar-refractivity contribution in [2.45, 2.75) is 108 Å². The Bertz CT molecular complexity index is 923. The third-order valence-corrected chi connectivity index (χ3v) is 9.08. The van der Waals surface area contributed by atoms with Gasteiger partial charge in [-0.2, -0.15) is 0 Å². The predicted molar refractivity (Wildman–Crippen MR) is 141 cm³/mol. The van der Waals surface area contributed by atoms with Crippen molar-refractivity contribution < 1.29 is 24.0 Å². The first kappa shape index (κ1) is 28.4. The minimum Gasteiger partial charge on any atom is -0.354 e. The van der Waals surface area contributed by atoms with Crippen LogP contribution in [0.3, 0.4) is 0 Å². The fourth-order valence-corrected chi connectivity index (χ4v) is 7.00. The largest absolute Gasteiger partial charge is 0.354 e. The fourth-order valence-electron chi connectivity index (χ4n) is 7.00. The van der Waals surface area contributed by atoms with E-state index in [4.69, 9.17) is 0 Å². The van der Waals surface area contributed by atoms with Crippen molar-refractivity contribution >= 4 is 29.5 Å². The summed E-state index contributed by atoms with van der Waals surface area (Å²) in [4.78, 5) is 63.6. The zero-order chi connectivity index (χ0) is 27.4. The van der Waals surface area contributed by atoms with Gasteiger partial charge in [0.05, 0.1) is 0 Å². The number of nitrogens with zero attached hydrogens (tertiary/aromatic N) is 1. The van der Waals surface area contributed by atoms with Crippen LogP contribution in [0.5, 0.6) is 0 Å². The van der Waals surface area contributed by atoms with Gasteiger partial charge in [-0.1, -0.05) is 0 Å². The van der Waals surface area contributed by atoms with Crippen molar-refractivity contribution in [3.05, 3.63) is 0 Å². The quantitative estimate of drug-likeness (QED) is 0.374. The molecule has 0 spiro atoms. The fraction of sp³-hybridized carbons (Fsp3) is 0.821. The van der Waals surface area contributed by atoms with Crippen molar-refractivity contribution in [3.8, 4) is 0 Å². The molecule has 0 saturated heterocycles. The molecule has 5 amide bonds. The van der Waals surface area contributed by atoms with Crippen LogP contribution >= 0.6 is 0 Å². The van der Waals surface area contributed by atoms with Crippen LogP contribution in [0.2, 0.25) is 0 Å². The molecule has 10 nitrogen and oxygen atoms in total. The highest BCUT2D eigenvalue weighted by atomic mass is 16.2. The lowest BCUT2D eigenvalue weighted by Gasteiger charge is -2.19. The normalized spacial score (nSPS) is 34.5. The molecule has 212 valence electrons. The highest BCUT2D eigenvalue weighted by molar-refractivity contribution is 5.83. The lowest BCUT2D eigenvalue weighted by molar-refractivity contribution is -0.133. The van der Waals surface area contributed by atoms with Crippen LogP contribution < -0.4 is 21.3 Å². The Morgan fingerprint density at radius 1 is 0.500 bits per heavy atom. The lowest BCUT2D eigenvalue weighted by Crippen LogP contribution is -2.41. The van der Waals surface area contributed by atoms with Gasteiger partial charge in [0.25, 0.3) is 0 Å². The number of hydrogen-bond donors (Lipinski definition) is 4. The van der Waals surface area contributed by atoms with E-state index in [2.05, 4.69) is 21.3 Å². The number of rotatable bonds is 8. The molecule has 0 heterocycles. The molecule has 0 aromatic heterocycles. The van der Waals surface area contributed by atoms with Crippen LogP contribution in [-0.2, 0) is 24.0 Å². The number of nitrogens with one attached hydrogen (secondary N) is 4. The molecule has 4 aliphatic rings. The van der Waals surface area contributed by atoms with Crippen LogP contribution in [0.25, 0.3) is 0 Å². The molecule has 10 heteroatoms. The summed E-state index contributed by atoms with van der Waals surface area (Å²) in [5.74, 6) is -0.131. The second-order valence-electron chi connectivity index (χ2n) is 12.3. The first-order valence-corrected chi connectivity index (χ1v) is 14.5. The second kappa shape index (κ2) is 12.5. The molecule has 4 fully saturated rings. The van der Waals surface area contributed by atoms with Gasteiger partial charge in [0, 0.05) is 68.9 Å². The van der Waals surface area contributed by atoms with Crippen molar-refractivity contribution in [2.75, 3.05) is 14.1 Å². The molecular formula is C28H45N5O5. The standard InChI is InChI=1S/C28H45N5O5/c1-16(34)29-21-8-4-17(12-21)25(35)30-22-9-5-18(13-22)26(36)31-23-10-6-19(14-23)27(37)32-24-11-7-20(15-24)28(38)33(2)3/h17-24H,4-15H2,1-3H3,(H,29,34)(H,30,35)(H,31,36)(H,32,37). The third kappa shape index (κ3) is 7.26. The topological polar surface area (TPSA) is 137 Å². The van der Waals surface area contributed by atoms with Crippen LogP contribution in [0, 0.1) is 23.7 Å². The lowest BCUT2D eigenvalue weighted by atomic mass is 10.0. The average Bonchev–Trinajstić information content (AvgIpc) is 3.65. The Balaban J connectivity index is 1.14. The van der Waals surface area contributed by atoms with Crippen molar-refractivity contribution in [3.63, 3.8) is 0 Å². The van der Waals surface area contributed by atoms with Crippen molar-refractivity contribution in [1.29, 1.82) is 0 Å². The highest BCUT2D eigenvalue weighted by Gasteiger charge is 2.38. The number of amides is 5. The van der Waals surface area contributed by atoms with Gasteiger partial charge in [0.1, 0.15) is 0 Å². The molecule has 0 aromatic carbocycles. The van der Waals surface area contributed by atoms with Crippen LogP contribution in [0.4, 0.5) is 0 Å². The maximum atomic E-state index is 12.9. The monoisotopic (exact) mass is 531 g/mol. The molecule has 4 saturated carbocycles. The molecule has 8 atom stereocenters. The summed E-state index contributed by atoms with van der Waals surface area (Å²) in [6.07, 6.45) is 9.00. The molecule has 4 aliphatic carbocycles. The highest BCUT2D eigenvalue weighted by Crippen LogP contribution is 2.32. The van der Waals surface area contributed by atoms with E-state index in [9.17, 15) is 24.0 Å². The van der Waals surface area contributed by atoms with Gasteiger partial charge < -0.3 is 26.2 Å². The summed E-state index contributed by atoms with van der Waals surface area (Å²) in [6, 6.07) is 0.138. The van der Waals surface area contributed by atoms with E-state index in [1.165, 1.54) is 6.92 Å². The van der Waals surface area contributed by atoms with Gasteiger partial charge >= 0.3 is 0 Å². The van der Waals surface area contributed by atoms with Crippen LogP contribution in [-0.4, -0.2) is 72.7 Å². The Kier molecular flexibility index (Phi) is 9.31. The zero-order valence-corrected chi connectivity index (χ0v) is 23.1.